The van der Waals surface area contributed by atoms with Crippen molar-refractivity contribution in [3.63, 3.8) is 0 Å². The number of methoxy groups -OCH3 is 1. The lowest BCUT2D eigenvalue weighted by molar-refractivity contribution is -0.123. The zero-order chi connectivity index (χ0) is 22.2. The van der Waals surface area contributed by atoms with Gasteiger partial charge in [-0.2, -0.15) is 10.2 Å². The van der Waals surface area contributed by atoms with Gasteiger partial charge in [-0.15, -0.1) is 0 Å². The Hall–Kier alpha value is -4.39. The van der Waals surface area contributed by atoms with Gasteiger partial charge >= 0.3 is 0 Å². The number of hydrazone groups is 1. The first kappa shape index (κ1) is 20.9. The molecule has 7 heteroatoms. The number of benzene rings is 3. The number of carbonyl (C=O) groups is 1. The van der Waals surface area contributed by atoms with Crippen LogP contribution in [-0.4, -0.2) is 35.6 Å². The van der Waals surface area contributed by atoms with Gasteiger partial charge in [-0.25, -0.2) is 10.1 Å². The fraction of sp³-hybridized carbons (Fsp3) is 0.0800. The highest BCUT2D eigenvalue weighted by molar-refractivity contribution is 5.89. The average Bonchev–Trinajstić information content (AvgIpc) is 3.28. The van der Waals surface area contributed by atoms with Crippen LogP contribution in [0.3, 0.4) is 0 Å². The zero-order valence-electron chi connectivity index (χ0n) is 17.5. The summed E-state index contributed by atoms with van der Waals surface area (Å²) in [6.45, 7) is -0.188. The number of hydrogen-bond acceptors (Lipinski definition) is 5. The van der Waals surface area contributed by atoms with Gasteiger partial charge in [0.2, 0.25) is 0 Å². The van der Waals surface area contributed by atoms with E-state index >= 15 is 0 Å². The van der Waals surface area contributed by atoms with Crippen LogP contribution in [0.25, 0.3) is 16.9 Å². The Labute approximate surface area is 185 Å². The molecule has 1 N–H and O–H groups in total. The van der Waals surface area contributed by atoms with Gasteiger partial charge in [0.1, 0.15) is 5.69 Å². The molecule has 0 aliphatic heterocycles. The lowest BCUT2D eigenvalue weighted by atomic mass is 10.1. The van der Waals surface area contributed by atoms with Crippen molar-refractivity contribution >= 4 is 12.1 Å². The van der Waals surface area contributed by atoms with Gasteiger partial charge in [-0.1, -0.05) is 60.7 Å². The van der Waals surface area contributed by atoms with Gasteiger partial charge in [0.15, 0.2) is 18.1 Å². The summed E-state index contributed by atoms with van der Waals surface area (Å²) in [6, 6.07) is 26.8. The number of aromatic nitrogens is 2. The van der Waals surface area contributed by atoms with E-state index in [1.54, 1.807) is 30.1 Å². The fourth-order valence-corrected chi connectivity index (χ4v) is 3.10. The predicted molar refractivity (Wildman–Crippen MR) is 123 cm³/mol. The Morgan fingerprint density at radius 2 is 1.62 bits per heavy atom. The van der Waals surface area contributed by atoms with Gasteiger partial charge in [-0.05, 0) is 24.3 Å². The molecule has 0 fully saturated rings. The maximum Gasteiger partial charge on any atom is 0.277 e. The minimum Gasteiger partial charge on any atom is -0.493 e. The molecule has 1 heterocycles. The molecular formula is C25H22N4O3. The number of nitrogens with zero attached hydrogens (tertiary/aromatic N) is 3. The zero-order valence-corrected chi connectivity index (χ0v) is 17.5. The highest BCUT2D eigenvalue weighted by Crippen LogP contribution is 2.25. The van der Waals surface area contributed by atoms with Crippen molar-refractivity contribution in [2.24, 2.45) is 5.10 Å². The van der Waals surface area contributed by atoms with Crippen LogP contribution in [0.2, 0.25) is 0 Å². The standard InChI is InChI=1S/C25H22N4O3/c1-31-22-14-8-9-15-23(22)32-18-24(30)27-26-16-20-17-29(21-12-6-3-7-13-21)28-25(20)19-10-4-2-5-11-19/h2-17H,18H2,1H3,(H,27,30)/b26-16+. The molecule has 1 amide bonds. The number of nitrogens with one attached hydrogen (secondary N) is 1. The molecule has 0 unspecified atom stereocenters. The Bertz CT molecular complexity index is 1200. The van der Waals surface area contributed by atoms with Gasteiger partial charge in [0.05, 0.1) is 19.0 Å². The minimum absolute atomic E-state index is 0.188. The quantitative estimate of drug-likeness (QED) is 0.340. The Kier molecular flexibility index (Phi) is 6.57. The van der Waals surface area contributed by atoms with E-state index in [4.69, 9.17) is 14.6 Å². The molecule has 0 saturated heterocycles. The van der Waals surface area contributed by atoms with Crippen molar-refractivity contribution in [3.05, 3.63) is 96.7 Å². The van der Waals surface area contributed by atoms with E-state index in [-0.39, 0.29) is 12.5 Å². The smallest absolute Gasteiger partial charge is 0.277 e. The van der Waals surface area contributed by atoms with E-state index in [9.17, 15) is 4.79 Å². The van der Waals surface area contributed by atoms with Crippen LogP contribution in [0.5, 0.6) is 11.5 Å². The third kappa shape index (κ3) is 5.02. The van der Waals surface area contributed by atoms with Crippen LogP contribution in [0.15, 0.2) is 96.2 Å². The molecule has 0 atom stereocenters. The van der Waals surface area contributed by atoms with Crippen LogP contribution in [0, 0.1) is 0 Å². The summed E-state index contributed by atoms with van der Waals surface area (Å²) in [6.07, 6.45) is 3.45. The van der Waals surface area contributed by atoms with E-state index in [0.29, 0.717) is 11.5 Å². The lowest BCUT2D eigenvalue weighted by Gasteiger charge is -2.09. The second-order valence-corrected chi connectivity index (χ2v) is 6.81. The first-order valence-electron chi connectivity index (χ1n) is 10.0. The van der Waals surface area contributed by atoms with Crippen LogP contribution < -0.4 is 14.9 Å². The molecule has 7 nitrogen and oxygen atoms in total. The number of para-hydroxylation sites is 3. The maximum atomic E-state index is 12.2. The topological polar surface area (TPSA) is 77.7 Å². The second-order valence-electron chi connectivity index (χ2n) is 6.81. The molecular weight excluding hydrogens is 404 g/mol. The molecule has 4 rings (SSSR count). The fourth-order valence-electron chi connectivity index (χ4n) is 3.10. The van der Waals surface area contributed by atoms with Gasteiger partial charge in [-0.3, -0.25) is 4.79 Å². The van der Waals surface area contributed by atoms with E-state index in [1.807, 2.05) is 79.0 Å². The molecule has 160 valence electrons. The summed E-state index contributed by atoms with van der Waals surface area (Å²) in [4.78, 5) is 12.2. The van der Waals surface area contributed by atoms with E-state index < -0.39 is 0 Å². The molecule has 4 aromatic rings. The maximum absolute atomic E-state index is 12.2. The van der Waals surface area contributed by atoms with E-state index in [2.05, 4.69) is 10.5 Å². The molecule has 0 radical (unpaired) electrons. The van der Waals surface area contributed by atoms with Crippen molar-refractivity contribution in [2.45, 2.75) is 0 Å². The minimum atomic E-state index is -0.385. The summed E-state index contributed by atoms with van der Waals surface area (Å²) < 4.78 is 12.5. The molecule has 32 heavy (non-hydrogen) atoms. The predicted octanol–water partition coefficient (Wildman–Crippen LogP) is 4.08. The highest BCUT2D eigenvalue weighted by atomic mass is 16.5. The van der Waals surface area contributed by atoms with Crippen LogP contribution >= 0.6 is 0 Å². The second kappa shape index (κ2) is 10.1. The number of hydrogen-bond donors (Lipinski definition) is 1. The van der Waals surface area contributed by atoms with Crippen LogP contribution in [-0.2, 0) is 4.79 Å². The average molecular weight is 426 g/mol. The van der Waals surface area contributed by atoms with Gasteiger partial charge < -0.3 is 9.47 Å². The SMILES string of the molecule is COc1ccccc1OCC(=O)N/N=C/c1cn(-c2ccccc2)nc1-c1ccccc1. The summed E-state index contributed by atoms with van der Waals surface area (Å²) in [5.41, 5.74) is 5.91. The van der Waals surface area contributed by atoms with Crippen molar-refractivity contribution in [2.75, 3.05) is 13.7 Å². The van der Waals surface area contributed by atoms with Crippen molar-refractivity contribution in [1.82, 2.24) is 15.2 Å². The molecule has 1 aromatic heterocycles. The largest absolute Gasteiger partial charge is 0.493 e. The summed E-state index contributed by atoms with van der Waals surface area (Å²) in [5, 5.41) is 8.82. The molecule has 0 spiro atoms. The first-order valence-corrected chi connectivity index (χ1v) is 10.0. The van der Waals surface area contributed by atoms with Crippen LogP contribution in [0.4, 0.5) is 0 Å². The molecule has 0 saturated carbocycles. The summed E-state index contributed by atoms with van der Waals surface area (Å²) in [5.74, 6) is 0.665. The Morgan fingerprint density at radius 3 is 2.34 bits per heavy atom. The van der Waals surface area contributed by atoms with Crippen molar-refractivity contribution in [3.8, 4) is 28.4 Å². The highest BCUT2D eigenvalue weighted by Gasteiger charge is 2.11. The van der Waals surface area contributed by atoms with Crippen LogP contribution in [0.1, 0.15) is 5.56 Å². The molecule has 3 aromatic carbocycles. The number of ether oxygens (including phenoxy) is 2. The van der Waals surface area contributed by atoms with E-state index in [1.165, 1.54) is 0 Å². The van der Waals surface area contributed by atoms with Gasteiger partial charge in [0.25, 0.3) is 5.91 Å². The van der Waals surface area contributed by atoms with Crippen molar-refractivity contribution in [1.29, 1.82) is 0 Å². The Morgan fingerprint density at radius 1 is 0.969 bits per heavy atom. The normalized spacial score (nSPS) is 10.8. The van der Waals surface area contributed by atoms with Crippen molar-refractivity contribution < 1.29 is 14.3 Å². The third-order valence-corrected chi connectivity index (χ3v) is 4.63. The molecule has 0 bridgehead atoms. The number of rotatable bonds is 8. The Balaban J connectivity index is 1.48. The monoisotopic (exact) mass is 426 g/mol. The first-order chi connectivity index (χ1) is 15.7. The van der Waals surface area contributed by atoms with E-state index in [0.717, 1.165) is 22.5 Å². The number of amides is 1. The summed E-state index contributed by atoms with van der Waals surface area (Å²) >= 11 is 0. The third-order valence-electron chi connectivity index (χ3n) is 4.63. The van der Waals surface area contributed by atoms with Gasteiger partial charge in [0, 0.05) is 17.3 Å². The summed E-state index contributed by atoms with van der Waals surface area (Å²) in [7, 11) is 1.55. The molecule has 0 aliphatic carbocycles. The molecule has 0 aliphatic rings. The lowest BCUT2D eigenvalue weighted by Crippen LogP contribution is -2.24. The number of carbonyl (C=O) groups excluding carboxylic acids is 1.